The molecule has 7 heteroatoms. The summed E-state index contributed by atoms with van der Waals surface area (Å²) in [5.41, 5.74) is 4.57. The van der Waals surface area contributed by atoms with Crippen molar-refractivity contribution in [1.82, 2.24) is 5.43 Å². The lowest BCUT2D eigenvalue weighted by Gasteiger charge is -2.16. The summed E-state index contributed by atoms with van der Waals surface area (Å²) in [4.78, 5) is 26.6. The minimum Gasteiger partial charge on any atom is -0.493 e. The first-order valence-corrected chi connectivity index (χ1v) is 9.58. The van der Waals surface area contributed by atoms with Gasteiger partial charge in [0.25, 0.3) is 11.8 Å². The second kappa shape index (κ2) is 8.24. The summed E-state index contributed by atoms with van der Waals surface area (Å²) in [7, 11) is 1.56. The van der Waals surface area contributed by atoms with Crippen LogP contribution in [0.25, 0.3) is 10.8 Å². The van der Waals surface area contributed by atoms with Crippen molar-refractivity contribution < 1.29 is 19.1 Å². The van der Waals surface area contributed by atoms with Gasteiger partial charge in [-0.2, -0.15) is 5.10 Å². The lowest BCUT2D eigenvalue weighted by Crippen LogP contribution is -2.37. The number of carbonyl (C=O) groups is 2. The summed E-state index contributed by atoms with van der Waals surface area (Å²) >= 11 is 0. The number of rotatable bonds is 7. The van der Waals surface area contributed by atoms with Crippen molar-refractivity contribution in [2.75, 3.05) is 25.2 Å². The van der Waals surface area contributed by atoms with Crippen LogP contribution in [0.15, 0.2) is 59.7 Å². The minimum absolute atomic E-state index is 0.115. The van der Waals surface area contributed by atoms with Gasteiger partial charge in [0.15, 0.2) is 11.5 Å². The molecule has 0 aromatic heterocycles. The fourth-order valence-corrected chi connectivity index (χ4v) is 3.53. The third-order valence-electron chi connectivity index (χ3n) is 4.84. The number of hydrogen-bond acceptors (Lipinski definition) is 5. The average Bonchev–Trinajstić information content (AvgIpc) is 3.03. The molecule has 2 amide bonds. The normalized spacial score (nSPS) is 12.6. The molecule has 0 bridgehead atoms. The zero-order chi connectivity index (χ0) is 21.1. The van der Waals surface area contributed by atoms with E-state index in [1.165, 1.54) is 11.1 Å². The summed E-state index contributed by atoms with van der Waals surface area (Å²) in [5.74, 6) is 0.655. The van der Waals surface area contributed by atoms with Gasteiger partial charge in [-0.05, 0) is 48.2 Å². The van der Waals surface area contributed by atoms with Crippen LogP contribution in [0, 0.1) is 0 Å². The molecular weight excluding hydrogens is 382 g/mol. The molecule has 1 aliphatic rings. The van der Waals surface area contributed by atoms with Crippen molar-refractivity contribution in [1.29, 1.82) is 0 Å². The number of benzene rings is 3. The highest BCUT2D eigenvalue weighted by molar-refractivity contribution is 6.26. The van der Waals surface area contributed by atoms with E-state index in [4.69, 9.17) is 9.47 Å². The van der Waals surface area contributed by atoms with E-state index in [0.29, 0.717) is 23.7 Å². The van der Waals surface area contributed by atoms with Gasteiger partial charge < -0.3 is 9.47 Å². The number of ether oxygens (including phenoxy) is 2. The van der Waals surface area contributed by atoms with Crippen molar-refractivity contribution in [3.63, 3.8) is 0 Å². The topological polar surface area (TPSA) is 80.2 Å². The Morgan fingerprint density at radius 3 is 2.70 bits per heavy atom. The second-order valence-electron chi connectivity index (χ2n) is 6.71. The van der Waals surface area contributed by atoms with Gasteiger partial charge in [-0.1, -0.05) is 24.3 Å². The van der Waals surface area contributed by atoms with E-state index in [9.17, 15) is 9.59 Å². The van der Waals surface area contributed by atoms with Crippen molar-refractivity contribution >= 4 is 34.5 Å². The highest BCUT2D eigenvalue weighted by atomic mass is 16.5. The Morgan fingerprint density at radius 2 is 1.93 bits per heavy atom. The number of carbonyl (C=O) groups excluding carboxylic acids is 2. The molecule has 0 spiro atoms. The molecule has 0 saturated heterocycles. The molecular formula is C23H21N3O4. The van der Waals surface area contributed by atoms with Gasteiger partial charge in [0.2, 0.25) is 0 Å². The Morgan fingerprint density at radius 1 is 1.13 bits per heavy atom. The lowest BCUT2D eigenvalue weighted by molar-refractivity contribution is -0.119. The molecule has 0 unspecified atom stereocenters. The van der Waals surface area contributed by atoms with Crippen molar-refractivity contribution in [3.05, 3.63) is 65.7 Å². The Kier molecular flexibility index (Phi) is 5.34. The molecule has 0 saturated carbocycles. The quantitative estimate of drug-likeness (QED) is 0.485. The lowest BCUT2D eigenvalue weighted by atomic mass is 10.1. The van der Waals surface area contributed by atoms with Gasteiger partial charge in [0.05, 0.1) is 25.6 Å². The van der Waals surface area contributed by atoms with Crippen LogP contribution >= 0.6 is 0 Å². The van der Waals surface area contributed by atoms with Gasteiger partial charge in [0, 0.05) is 10.9 Å². The third kappa shape index (κ3) is 3.57. The standard InChI is InChI=1S/C23H21N3O4/c1-3-30-19-11-10-15(12-20(19)29-2)13-24-25-21(27)14-26-18-9-5-7-16-6-4-8-17(22(16)18)23(26)28/h4-13H,3,14H2,1-2H3,(H,25,27)/b24-13+. The van der Waals surface area contributed by atoms with Crippen LogP contribution < -0.4 is 19.8 Å². The van der Waals surface area contributed by atoms with Gasteiger partial charge in [-0.25, -0.2) is 5.43 Å². The molecule has 1 aliphatic heterocycles. The number of amides is 2. The first-order valence-electron chi connectivity index (χ1n) is 9.58. The molecule has 1 heterocycles. The average molecular weight is 403 g/mol. The summed E-state index contributed by atoms with van der Waals surface area (Å²) in [5, 5.41) is 5.85. The summed E-state index contributed by atoms with van der Waals surface area (Å²) in [6.07, 6.45) is 1.51. The molecule has 30 heavy (non-hydrogen) atoms. The maximum Gasteiger partial charge on any atom is 0.260 e. The molecule has 3 aromatic rings. The van der Waals surface area contributed by atoms with Crippen LogP contribution in [0.3, 0.4) is 0 Å². The van der Waals surface area contributed by atoms with E-state index in [-0.39, 0.29) is 18.4 Å². The number of anilines is 1. The predicted octanol–water partition coefficient (Wildman–Crippen LogP) is 3.36. The van der Waals surface area contributed by atoms with Crippen LogP contribution in [0.2, 0.25) is 0 Å². The van der Waals surface area contributed by atoms with Gasteiger partial charge in [-0.15, -0.1) is 0 Å². The first-order chi connectivity index (χ1) is 14.6. The largest absolute Gasteiger partial charge is 0.493 e. The fraction of sp³-hybridized carbons (Fsp3) is 0.174. The van der Waals surface area contributed by atoms with E-state index in [1.54, 1.807) is 25.3 Å². The number of hydrazone groups is 1. The molecule has 7 nitrogen and oxygen atoms in total. The van der Waals surface area contributed by atoms with Crippen LogP contribution in [0.4, 0.5) is 5.69 Å². The predicted molar refractivity (Wildman–Crippen MR) is 116 cm³/mol. The number of nitrogens with one attached hydrogen (secondary N) is 1. The Bertz CT molecular complexity index is 1150. The maximum atomic E-state index is 12.7. The Labute approximate surface area is 173 Å². The van der Waals surface area contributed by atoms with Crippen LogP contribution in [-0.2, 0) is 4.79 Å². The maximum absolute atomic E-state index is 12.7. The SMILES string of the molecule is CCOc1ccc(/C=N/NC(=O)CN2C(=O)c3cccc4cccc2c34)cc1OC. The molecule has 4 rings (SSSR count). The zero-order valence-electron chi connectivity index (χ0n) is 16.7. The van der Waals surface area contributed by atoms with E-state index in [2.05, 4.69) is 10.5 Å². The van der Waals surface area contributed by atoms with Gasteiger partial charge >= 0.3 is 0 Å². The highest BCUT2D eigenvalue weighted by Crippen LogP contribution is 2.36. The molecule has 0 radical (unpaired) electrons. The smallest absolute Gasteiger partial charge is 0.260 e. The van der Waals surface area contributed by atoms with Crippen LogP contribution in [0.1, 0.15) is 22.8 Å². The Balaban J connectivity index is 1.44. The van der Waals surface area contributed by atoms with Crippen LogP contribution in [-0.4, -0.2) is 38.3 Å². The number of methoxy groups -OCH3 is 1. The third-order valence-corrected chi connectivity index (χ3v) is 4.84. The fourth-order valence-electron chi connectivity index (χ4n) is 3.53. The second-order valence-corrected chi connectivity index (χ2v) is 6.71. The van der Waals surface area contributed by atoms with Crippen molar-refractivity contribution in [2.24, 2.45) is 5.10 Å². The van der Waals surface area contributed by atoms with Crippen molar-refractivity contribution in [3.8, 4) is 11.5 Å². The minimum atomic E-state index is -0.387. The van der Waals surface area contributed by atoms with E-state index in [0.717, 1.165) is 22.0 Å². The van der Waals surface area contributed by atoms with Gasteiger partial charge in [0.1, 0.15) is 6.54 Å². The molecule has 0 atom stereocenters. The monoisotopic (exact) mass is 403 g/mol. The first kappa shape index (κ1) is 19.4. The zero-order valence-corrected chi connectivity index (χ0v) is 16.7. The summed E-state index contributed by atoms with van der Waals surface area (Å²) in [6, 6.07) is 16.6. The van der Waals surface area contributed by atoms with E-state index in [1.807, 2.05) is 43.3 Å². The van der Waals surface area contributed by atoms with Crippen LogP contribution in [0.5, 0.6) is 11.5 Å². The molecule has 0 fully saturated rings. The molecule has 0 aliphatic carbocycles. The summed E-state index contributed by atoms with van der Waals surface area (Å²) < 4.78 is 10.8. The molecule has 3 aromatic carbocycles. The summed E-state index contributed by atoms with van der Waals surface area (Å²) in [6.45, 7) is 2.32. The number of nitrogens with zero attached hydrogens (tertiary/aromatic N) is 2. The molecule has 1 N–H and O–H groups in total. The van der Waals surface area contributed by atoms with E-state index < -0.39 is 0 Å². The molecule has 152 valence electrons. The number of hydrogen-bond donors (Lipinski definition) is 1. The van der Waals surface area contributed by atoms with E-state index >= 15 is 0 Å². The highest BCUT2D eigenvalue weighted by Gasteiger charge is 2.30. The Hall–Kier alpha value is -3.87. The van der Waals surface area contributed by atoms with Crippen molar-refractivity contribution in [2.45, 2.75) is 6.92 Å². The van der Waals surface area contributed by atoms with Gasteiger partial charge in [-0.3, -0.25) is 14.5 Å².